The van der Waals surface area contributed by atoms with Crippen LogP contribution >= 0.6 is 0 Å². The van der Waals surface area contributed by atoms with Crippen LogP contribution in [-0.2, 0) is 10.0 Å². The topological polar surface area (TPSA) is 57.9 Å². The number of alkyl halides is 13. The van der Waals surface area contributed by atoms with Crippen LogP contribution in [0.1, 0.15) is 0 Å². The average molecular weight is 421 g/mol. The average Bonchev–Trinajstić information content (AvgIpc) is 2.24. The van der Waals surface area contributed by atoms with Crippen molar-refractivity contribution >= 4 is 10.0 Å². The minimum Gasteiger partial charge on any atom is -0.559 e. The first-order chi connectivity index (χ1) is 9.50. The molecule has 0 fully saturated rings. The summed E-state index contributed by atoms with van der Waals surface area (Å²) in [5.74, 6) is -32.3. The Labute approximate surface area is 145 Å². The van der Waals surface area contributed by atoms with Crippen molar-refractivity contribution in [1.29, 1.82) is 0 Å². The van der Waals surface area contributed by atoms with Crippen molar-refractivity contribution in [2.75, 3.05) is 0 Å². The zero-order valence-electron chi connectivity index (χ0n) is 10.6. The zero-order valence-corrected chi connectivity index (χ0v) is 13.5. The fourth-order valence-electron chi connectivity index (χ4n) is 0.924. The van der Waals surface area contributed by atoms with E-state index in [9.17, 15) is 65.5 Å². The molecule has 140 valence electrons. The van der Waals surface area contributed by atoms with E-state index in [0.717, 1.165) is 0 Å². The molecule has 18 heteroatoms. The normalized spacial score (nSPS) is 15.9. The molecule has 0 aromatic carbocycles. The van der Waals surface area contributed by atoms with Gasteiger partial charge in [0.05, 0.1) is 0 Å². The molecular formula is C6HF13NNaO2S. The van der Waals surface area contributed by atoms with Crippen molar-refractivity contribution in [3.8, 4) is 0 Å². The second-order valence-corrected chi connectivity index (χ2v) is 5.34. The maximum absolute atomic E-state index is 12.7. The van der Waals surface area contributed by atoms with E-state index in [0.29, 0.717) is 0 Å². The van der Waals surface area contributed by atoms with Crippen molar-refractivity contribution in [2.24, 2.45) is 0 Å². The third-order valence-electron chi connectivity index (χ3n) is 2.24. The van der Waals surface area contributed by atoms with Gasteiger partial charge in [-0.05, 0) is 0 Å². The summed E-state index contributed by atoms with van der Waals surface area (Å²) in [5.41, 5.74) is 0. The van der Waals surface area contributed by atoms with Crippen LogP contribution in [-0.4, -0.2) is 43.5 Å². The molecular weight excluding hydrogens is 420 g/mol. The van der Waals surface area contributed by atoms with E-state index in [2.05, 4.69) is 0 Å². The van der Waals surface area contributed by atoms with Crippen LogP contribution in [0.4, 0.5) is 57.1 Å². The monoisotopic (exact) mass is 421 g/mol. The SMILES string of the molecule is [NH-]S(=O)(=O)C(F)(F)C(F)(F)C(F)(F)C(F)(F)C(F)(F)C(F)(F)F.[Na+]. The van der Waals surface area contributed by atoms with Gasteiger partial charge in [0.2, 0.25) is 0 Å². The molecule has 0 atom stereocenters. The van der Waals surface area contributed by atoms with Crippen LogP contribution in [0.5, 0.6) is 0 Å². The van der Waals surface area contributed by atoms with E-state index in [1.807, 2.05) is 0 Å². The summed E-state index contributed by atoms with van der Waals surface area (Å²) in [6.45, 7) is 0. The van der Waals surface area contributed by atoms with Crippen LogP contribution in [0.25, 0.3) is 5.14 Å². The molecule has 0 saturated heterocycles. The Bertz CT molecular complexity index is 568. The van der Waals surface area contributed by atoms with E-state index >= 15 is 0 Å². The van der Waals surface area contributed by atoms with Crippen LogP contribution in [0.15, 0.2) is 0 Å². The van der Waals surface area contributed by atoms with Gasteiger partial charge in [-0.2, -0.15) is 57.1 Å². The number of hydrogen-bond donors (Lipinski definition) is 0. The summed E-state index contributed by atoms with van der Waals surface area (Å²) in [5, 5.41) is -1.90. The third-order valence-corrected chi connectivity index (χ3v) is 3.17. The fourth-order valence-corrected chi connectivity index (χ4v) is 1.39. The third kappa shape index (κ3) is 3.33. The molecule has 3 nitrogen and oxygen atoms in total. The van der Waals surface area contributed by atoms with E-state index < -0.39 is 45.1 Å². The van der Waals surface area contributed by atoms with Crippen molar-refractivity contribution in [1.82, 2.24) is 0 Å². The Morgan fingerprint density at radius 2 is 0.792 bits per heavy atom. The molecule has 0 bridgehead atoms. The first-order valence-electron chi connectivity index (χ1n) is 4.45. The molecule has 0 heterocycles. The van der Waals surface area contributed by atoms with Gasteiger partial charge in [0, 0.05) is 0 Å². The molecule has 1 N–H and O–H groups in total. The van der Waals surface area contributed by atoms with Gasteiger partial charge in [-0.25, -0.2) is 8.42 Å². The van der Waals surface area contributed by atoms with Crippen LogP contribution in [0.3, 0.4) is 0 Å². The minimum absolute atomic E-state index is 0. The van der Waals surface area contributed by atoms with Gasteiger partial charge in [-0.3, -0.25) is 0 Å². The number of hydrogen-bond acceptors (Lipinski definition) is 2. The summed E-state index contributed by atoms with van der Waals surface area (Å²) in [6.07, 6.45) is -7.58. The molecule has 0 spiro atoms. The molecule has 0 aliphatic heterocycles. The molecule has 24 heavy (non-hydrogen) atoms. The van der Waals surface area contributed by atoms with Gasteiger partial charge >= 0.3 is 64.7 Å². The summed E-state index contributed by atoms with van der Waals surface area (Å²) in [4.78, 5) is 0. The second-order valence-electron chi connectivity index (χ2n) is 3.82. The van der Waals surface area contributed by atoms with Crippen LogP contribution < -0.4 is 29.6 Å². The molecule has 0 amide bonds. The first kappa shape index (κ1) is 26.2. The zero-order chi connectivity index (χ0) is 19.5. The molecule has 0 aliphatic carbocycles. The van der Waals surface area contributed by atoms with Crippen molar-refractivity contribution in [3.05, 3.63) is 5.14 Å². The van der Waals surface area contributed by atoms with Gasteiger partial charge < -0.3 is 5.14 Å². The predicted molar refractivity (Wildman–Crippen MR) is 44.0 cm³/mol. The Morgan fingerprint density at radius 1 is 0.542 bits per heavy atom. The molecule has 0 unspecified atom stereocenters. The molecule has 0 aliphatic rings. The molecule has 0 aromatic heterocycles. The van der Waals surface area contributed by atoms with Crippen LogP contribution in [0, 0.1) is 0 Å². The smallest absolute Gasteiger partial charge is 0.559 e. The maximum atomic E-state index is 12.7. The number of nitrogens with one attached hydrogen (secondary N) is 1. The summed E-state index contributed by atoms with van der Waals surface area (Å²) in [7, 11) is -7.36. The van der Waals surface area contributed by atoms with E-state index in [1.54, 1.807) is 0 Å². The number of rotatable bonds is 5. The van der Waals surface area contributed by atoms with Gasteiger partial charge in [0.15, 0.2) is 0 Å². The van der Waals surface area contributed by atoms with Crippen molar-refractivity contribution in [2.45, 2.75) is 35.1 Å². The maximum Gasteiger partial charge on any atom is 1.00 e. The minimum atomic E-state index is -8.21. The largest absolute Gasteiger partial charge is 1.00 e. The molecule has 0 aromatic rings. The summed E-state index contributed by atoms with van der Waals surface area (Å²) in [6, 6.07) is 0. The Hall–Kier alpha value is -0.000000000000000444. The van der Waals surface area contributed by atoms with Gasteiger partial charge in [-0.15, -0.1) is 0 Å². The second kappa shape index (κ2) is 6.31. The Kier molecular flexibility index (Phi) is 6.90. The fraction of sp³-hybridized carbons (Fsp3) is 1.00. The predicted octanol–water partition coefficient (Wildman–Crippen LogP) is 1.07. The summed E-state index contributed by atoms with van der Waals surface area (Å²) < 4.78 is 181. The quantitative estimate of drug-likeness (QED) is 0.493. The van der Waals surface area contributed by atoms with Gasteiger partial charge in [-0.1, -0.05) is 0 Å². The van der Waals surface area contributed by atoms with E-state index in [1.165, 1.54) is 0 Å². The van der Waals surface area contributed by atoms with Gasteiger partial charge in [0.1, 0.15) is 10.0 Å². The van der Waals surface area contributed by atoms with Crippen molar-refractivity contribution in [3.63, 3.8) is 0 Å². The number of halogens is 13. The Morgan fingerprint density at radius 3 is 1.00 bits per heavy atom. The molecule has 0 rings (SSSR count). The molecule has 0 saturated carbocycles. The first-order valence-corrected chi connectivity index (χ1v) is 5.93. The van der Waals surface area contributed by atoms with Crippen molar-refractivity contribution < 1.29 is 95.1 Å². The van der Waals surface area contributed by atoms with Crippen LogP contribution in [0.2, 0.25) is 0 Å². The standard InChI is InChI=1S/C6HF13NO2S.Na/c7-1(8,3(11,12)5(15,16)17)2(9,10)4(13,14)6(18,19)23(20,21)22;/h(H-,20,21,22);/q-1;+1. The van der Waals surface area contributed by atoms with Gasteiger partial charge in [0.25, 0.3) is 0 Å². The van der Waals surface area contributed by atoms with E-state index in [-0.39, 0.29) is 29.6 Å². The van der Waals surface area contributed by atoms with E-state index in [4.69, 9.17) is 5.14 Å². The Balaban J connectivity index is 0. The molecule has 0 radical (unpaired) electrons. The number of sulfonamides is 1. The summed E-state index contributed by atoms with van der Waals surface area (Å²) >= 11 is 0.